The summed E-state index contributed by atoms with van der Waals surface area (Å²) in [6.07, 6.45) is 12.4. The third-order valence-corrected chi connectivity index (χ3v) is 11.0. The number of hydrogen-bond donors (Lipinski definition) is 2. The molecule has 0 spiro atoms. The van der Waals surface area contributed by atoms with Crippen LogP contribution in [0.25, 0.3) is 11.1 Å². The number of nitrogens with one attached hydrogen (secondary N) is 1. The maximum absolute atomic E-state index is 12.7. The van der Waals surface area contributed by atoms with E-state index in [1.54, 1.807) is 0 Å². The Bertz CT molecular complexity index is 1370. The molecule has 2 unspecified atom stereocenters. The Labute approximate surface area is 228 Å². The fourth-order valence-electron chi connectivity index (χ4n) is 6.31. The second-order valence-electron chi connectivity index (χ2n) is 11.6. The van der Waals surface area contributed by atoms with Crippen LogP contribution in [0.4, 0.5) is 5.82 Å². The number of fused-ring (bicyclic) bond motifs is 1. The molecule has 38 heavy (non-hydrogen) atoms. The maximum atomic E-state index is 12.7. The third-order valence-electron chi connectivity index (χ3n) is 9.19. The summed E-state index contributed by atoms with van der Waals surface area (Å²) in [6, 6.07) is 16.4. The fraction of sp³-hybridized carbons (Fsp3) is 0.438. The molecule has 2 fully saturated rings. The molecule has 6 heteroatoms. The summed E-state index contributed by atoms with van der Waals surface area (Å²) in [7, 11) is -0.959. The number of likely N-dealkylation sites (tertiary alicyclic amines) is 1. The number of nitrogens with two attached hydrogens (primary N) is 1. The number of nitrogen functional groups attached to an aromatic ring is 1. The van der Waals surface area contributed by atoms with E-state index >= 15 is 0 Å². The van der Waals surface area contributed by atoms with Crippen molar-refractivity contribution in [3.63, 3.8) is 0 Å². The predicted molar refractivity (Wildman–Crippen MR) is 156 cm³/mol. The molecule has 3 N–H and O–H groups in total. The molecule has 3 aromatic rings. The van der Waals surface area contributed by atoms with E-state index in [-0.39, 0.29) is 5.25 Å². The Hall–Kier alpha value is -2.83. The van der Waals surface area contributed by atoms with Crippen molar-refractivity contribution in [1.82, 2.24) is 9.88 Å². The number of anilines is 1. The molecule has 6 rings (SSSR count). The molecule has 0 amide bonds. The van der Waals surface area contributed by atoms with Crippen LogP contribution in [0.15, 0.2) is 59.6 Å². The summed E-state index contributed by atoms with van der Waals surface area (Å²) in [5.74, 6) is 0.358. The van der Waals surface area contributed by atoms with E-state index in [2.05, 4.69) is 35.0 Å². The minimum Gasteiger partial charge on any atom is -0.383 e. The molecular weight excluding hydrogens is 488 g/mol. The van der Waals surface area contributed by atoms with Crippen molar-refractivity contribution in [1.29, 1.82) is 5.41 Å². The van der Waals surface area contributed by atoms with Crippen LogP contribution in [0.1, 0.15) is 74.1 Å². The van der Waals surface area contributed by atoms with Gasteiger partial charge in [0.2, 0.25) is 0 Å². The Morgan fingerprint density at radius 2 is 1.68 bits per heavy atom. The molecule has 2 aliphatic carbocycles. The molecule has 1 saturated heterocycles. The highest BCUT2D eigenvalue weighted by Crippen LogP contribution is 2.36. The molecule has 2 aromatic carbocycles. The SMILES string of the molecule is CC1(N2CCCC2)CCc2ccc(-c3cnc(N)c(C(=N)c4ccc(S(=O)C5CCC5)cc4)c3)cc2CC1. The van der Waals surface area contributed by atoms with Crippen LogP contribution in [-0.2, 0) is 23.6 Å². The molecule has 2 heterocycles. The Morgan fingerprint density at radius 3 is 2.37 bits per heavy atom. The minimum absolute atomic E-state index is 0.284. The first-order valence-electron chi connectivity index (χ1n) is 14.1. The number of rotatable bonds is 6. The van der Waals surface area contributed by atoms with Crippen molar-refractivity contribution in [2.75, 3.05) is 18.8 Å². The number of pyridine rings is 1. The molecule has 1 saturated carbocycles. The van der Waals surface area contributed by atoms with Gasteiger partial charge in [0, 0.05) is 38.6 Å². The smallest absolute Gasteiger partial charge is 0.132 e. The number of aryl methyl sites for hydroxylation is 2. The lowest BCUT2D eigenvalue weighted by molar-refractivity contribution is 0.118. The quantitative estimate of drug-likeness (QED) is 0.299. The average Bonchev–Trinajstić information content (AvgIpc) is 3.40. The summed E-state index contributed by atoms with van der Waals surface area (Å²) < 4.78 is 12.7. The second-order valence-corrected chi connectivity index (χ2v) is 13.3. The van der Waals surface area contributed by atoms with Crippen LogP contribution >= 0.6 is 0 Å². The van der Waals surface area contributed by atoms with E-state index in [9.17, 15) is 4.21 Å². The topological polar surface area (TPSA) is 83.1 Å². The lowest BCUT2D eigenvalue weighted by Gasteiger charge is -2.38. The highest BCUT2D eigenvalue weighted by Gasteiger charge is 2.35. The van der Waals surface area contributed by atoms with E-state index in [0.29, 0.717) is 22.6 Å². The van der Waals surface area contributed by atoms with Crippen molar-refractivity contribution < 1.29 is 4.21 Å². The zero-order valence-electron chi connectivity index (χ0n) is 22.3. The predicted octanol–water partition coefficient (Wildman–Crippen LogP) is 6.14. The van der Waals surface area contributed by atoms with Crippen molar-refractivity contribution in [2.24, 2.45) is 0 Å². The summed E-state index contributed by atoms with van der Waals surface area (Å²) in [4.78, 5) is 8.04. The zero-order chi connectivity index (χ0) is 26.3. The van der Waals surface area contributed by atoms with E-state index in [1.807, 2.05) is 36.5 Å². The highest BCUT2D eigenvalue weighted by molar-refractivity contribution is 7.85. The summed E-state index contributed by atoms with van der Waals surface area (Å²) in [6.45, 7) is 4.94. The Balaban J connectivity index is 1.22. The van der Waals surface area contributed by atoms with Crippen molar-refractivity contribution in [3.8, 4) is 11.1 Å². The molecule has 1 aliphatic heterocycles. The monoisotopic (exact) mass is 526 g/mol. The van der Waals surface area contributed by atoms with Crippen LogP contribution in [0.3, 0.4) is 0 Å². The molecule has 1 aromatic heterocycles. The van der Waals surface area contributed by atoms with Crippen LogP contribution in [-0.4, -0.2) is 43.7 Å². The van der Waals surface area contributed by atoms with E-state index in [0.717, 1.165) is 47.3 Å². The number of aromatic nitrogens is 1. The molecule has 2 atom stereocenters. The van der Waals surface area contributed by atoms with Gasteiger partial charge in [-0.1, -0.05) is 36.8 Å². The fourth-order valence-corrected chi connectivity index (χ4v) is 7.86. The first kappa shape index (κ1) is 25.4. The average molecular weight is 527 g/mol. The third kappa shape index (κ3) is 4.85. The first-order valence-corrected chi connectivity index (χ1v) is 15.4. The largest absolute Gasteiger partial charge is 0.383 e. The summed E-state index contributed by atoms with van der Waals surface area (Å²) in [5, 5.41) is 9.17. The Morgan fingerprint density at radius 1 is 0.974 bits per heavy atom. The molecule has 3 aliphatic rings. The van der Waals surface area contributed by atoms with Crippen molar-refractivity contribution >= 4 is 22.3 Å². The number of hydrogen-bond acceptors (Lipinski definition) is 5. The van der Waals surface area contributed by atoms with E-state index in [4.69, 9.17) is 11.1 Å². The van der Waals surface area contributed by atoms with Gasteiger partial charge in [-0.3, -0.25) is 14.5 Å². The second kappa shape index (κ2) is 10.4. The van der Waals surface area contributed by atoms with Crippen LogP contribution in [0, 0.1) is 5.41 Å². The van der Waals surface area contributed by atoms with E-state index < -0.39 is 10.8 Å². The van der Waals surface area contributed by atoms with Gasteiger partial charge in [-0.25, -0.2) is 4.98 Å². The van der Waals surface area contributed by atoms with Gasteiger partial charge in [-0.15, -0.1) is 0 Å². The van der Waals surface area contributed by atoms with Gasteiger partial charge >= 0.3 is 0 Å². The number of benzene rings is 2. The number of nitrogens with zero attached hydrogens (tertiary/aromatic N) is 2. The lowest BCUT2D eigenvalue weighted by Crippen LogP contribution is -2.44. The van der Waals surface area contributed by atoms with Gasteiger partial charge in [0.25, 0.3) is 0 Å². The normalized spacial score (nSPS) is 22.9. The van der Waals surface area contributed by atoms with Gasteiger partial charge in [0.1, 0.15) is 5.82 Å². The van der Waals surface area contributed by atoms with Crippen LogP contribution < -0.4 is 5.73 Å². The molecule has 0 radical (unpaired) electrons. The molecule has 5 nitrogen and oxygen atoms in total. The summed E-state index contributed by atoms with van der Waals surface area (Å²) >= 11 is 0. The van der Waals surface area contributed by atoms with Crippen molar-refractivity contribution in [2.45, 2.75) is 80.4 Å². The van der Waals surface area contributed by atoms with Gasteiger partial charge in [-0.05, 0) is 106 Å². The molecule has 198 valence electrons. The van der Waals surface area contributed by atoms with E-state index in [1.165, 1.54) is 56.3 Å². The van der Waals surface area contributed by atoms with Gasteiger partial charge in [0.05, 0.1) is 16.5 Å². The summed E-state index contributed by atoms with van der Waals surface area (Å²) in [5.41, 5.74) is 13.3. The minimum atomic E-state index is -0.959. The highest BCUT2D eigenvalue weighted by atomic mass is 32.2. The molecular formula is C32H38N4OS. The lowest BCUT2D eigenvalue weighted by atomic mass is 9.90. The van der Waals surface area contributed by atoms with Gasteiger partial charge < -0.3 is 5.73 Å². The standard InChI is InChI=1S/C32H38N4OS/c1-32(36-17-2-3-18-36)15-13-22-7-8-24(19-25(22)14-16-32)26-20-29(31(34)35-21-26)30(33)23-9-11-28(12-10-23)38(37)27-5-4-6-27/h7-12,19-21,27,33H,2-6,13-18H2,1H3,(H2,34,35). The Kier molecular flexibility index (Phi) is 6.95. The van der Waals surface area contributed by atoms with Gasteiger partial charge in [0.15, 0.2) is 0 Å². The zero-order valence-corrected chi connectivity index (χ0v) is 23.2. The maximum Gasteiger partial charge on any atom is 0.132 e. The van der Waals surface area contributed by atoms with Gasteiger partial charge in [-0.2, -0.15) is 0 Å². The van der Waals surface area contributed by atoms with Crippen LogP contribution in [0.2, 0.25) is 0 Å². The van der Waals surface area contributed by atoms with Crippen LogP contribution in [0.5, 0.6) is 0 Å². The first-order chi connectivity index (χ1) is 18.4. The van der Waals surface area contributed by atoms with Crippen molar-refractivity contribution in [3.05, 3.63) is 77.0 Å². The molecule has 0 bridgehead atoms.